The van der Waals surface area contributed by atoms with E-state index >= 15 is 0 Å². The highest BCUT2D eigenvalue weighted by atomic mass is 35.5. The van der Waals surface area contributed by atoms with Crippen molar-refractivity contribution in [2.24, 2.45) is 0 Å². The monoisotopic (exact) mass is 449 g/mol. The molecule has 0 saturated carbocycles. The van der Waals surface area contributed by atoms with Gasteiger partial charge in [-0.1, -0.05) is 43.3 Å². The molecule has 0 saturated heterocycles. The zero-order valence-corrected chi connectivity index (χ0v) is 18.8. The topological polar surface area (TPSA) is 63.1 Å². The van der Waals surface area contributed by atoms with Crippen LogP contribution in [0.25, 0.3) is 5.69 Å². The second kappa shape index (κ2) is 10.8. The van der Waals surface area contributed by atoms with Crippen LogP contribution in [0.3, 0.4) is 0 Å². The van der Waals surface area contributed by atoms with Crippen molar-refractivity contribution in [3.8, 4) is 5.69 Å². The zero-order valence-electron chi connectivity index (χ0n) is 16.4. The first kappa shape index (κ1) is 21.8. The van der Waals surface area contributed by atoms with E-state index in [1.807, 2.05) is 28.8 Å². The summed E-state index contributed by atoms with van der Waals surface area (Å²) < 4.78 is 1.83. The third-order valence-corrected chi connectivity index (χ3v) is 6.49. The third kappa shape index (κ3) is 5.82. The standard InChI is InChI=1S/C20H24ClN5OS2/c1-3-25(4-2)18(15-8-9-28-12-15)11-22-19(27)13-29-20-24-23-14-26(20)17-7-5-6-16(21)10-17/h5-10,12,14,18H,3-4,11,13H2,1-2H3,(H,22,27). The van der Waals surface area contributed by atoms with Gasteiger partial charge in [0, 0.05) is 11.6 Å². The maximum absolute atomic E-state index is 12.5. The van der Waals surface area contributed by atoms with E-state index in [1.165, 1.54) is 17.3 Å². The van der Waals surface area contributed by atoms with Crippen LogP contribution in [-0.4, -0.2) is 51.0 Å². The minimum absolute atomic E-state index is 0.0250. The van der Waals surface area contributed by atoms with E-state index in [0.29, 0.717) is 16.7 Å². The lowest BCUT2D eigenvalue weighted by atomic mass is 10.1. The van der Waals surface area contributed by atoms with Gasteiger partial charge in [0.1, 0.15) is 6.33 Å². The Balaban J connectivity index is 1.58. The van der Waals surface area contributed by atoms with Gasteiger partial charge in [-0.3, -0.25) is 14.3 Å². The predicted molar refractivity (Wildman–Crippen MR) is 120 cm³/mol. The number of carbonyl (C=O) groups excluding carboxylic acids is 1. The fraction of sp³-hybridized carbons (Fsp3) is 0.350. The molecule has 1 amide bonds. The number of hydrogen-bond donors (Lipinski definition) is 1. The molecule has 0 bridgehead atoms. The zero-order chi connectivity index (χ0) is 20.6. The summed E-state index contributed by atoms with van der Waals surface area (Å²) in [6.45, 7) is 6.74. The van der Waals surface area contributed by atoms with Crippen molar-refractivity contribution < 1.29 is 4.79 Å². The molecule has 0 aliphatic rings. The Morgan fingerprint density at radius 1 is 1.34 bits per heavy atom. The fourth-order valence-corrected chi connectivity index (χ4v) is 4.75. The number of benzene rings is 1. The number of rotatable bonds is 10. The minimum Gasteiger partial charge on any atom is -0.353 e. The number of thioether (sulfide) groups is 1. The van der Waals surface area contributed by atoms with Crippen LogP contribution in [0.5, 0.6) is 0 Å². The quantitative estimate of drug-likeness (QED) is 0.468. The van der Waals surface area contributed by atoms with Crippen LogP contribution in [-0.2, 0) is 4.79 Å². The molecule has 2 heterocycles. The summed E-state index contributed by atoms with van der Waals surface area (Å²) in [5, 5.41) is 16.7. The Morgan fingerprint density at radius 2 is 2.17 bits per heavy atom. The fourth-order valence-electron chi connectivity index (χ4n) is 3.10. The Bertz CT molecular complexity index is 911. The lowest BCUT2D eigenvalue weighted by molar-refractivity contribution is -0.118. The van der Waals surface area contributed by atoms with Crippen LogP contribution in [0.2, 0.25) is 5.02 Å². The Hall–Kier alpha value is -1.87. The largest absolute Gasteiger partial charge is 0.353 e. The molecule has 0 aliphatic carbocycles. The lowest BCUT2D eigenvalue weighted by Crippen LogP contribution is -2.38. The van der Waals surface area contributed by atoms with Crippen LogP contribution in [0.4, 0.5) is 0 Å². The molecule has 3 rings (SSSR count). The summed E-state index contributed by atoms with van der Waals surface area (Å²) in [6.07, 6.45) is 1.62. The van der Waals surface area contributed by atoms with Crippen LogP contribution in [0.1, 0.15) is 25.5 Å². The van der Waals surface area contributed by atoms with E-state index < -0.39 is 0 Å². The highest BCUT2D eigenvalue weighted by Crippen LogP contribution is 2.23. The summed E-state index contributed by atoms with van der Waals surface area (Å²) in [5.41, 5.74) is 2.11. The first-order valence-electron chi connectivity index (χ1n) is 9.44. The number of aromatic nitrogens is 3. The molecular formula is C20H24ClN5OS2. The highest BCUT2D eigenvalue weighted by Gasteiger charge is 2.19. The normalized spacial score (nSPS) is 12.3. The van der Waals surface area contributed by atoms with Gasteiger partial charge in [-0.25, -0.2) is 0 Å². The molecule has 0 aliphatic heterocycles. The highest BCUT2D eigenvalue weighted by molar-refractivity contribution is 7.99. The predicted octanol–water partition coefficient (Wildman–Crippen LogP) is 4.27. The third-order valence-electron chi connectivity index (χ3n) is 4.61. The lowest BCUT2D eigenvalue weighted by Gasteiger charge is -2.29. The van der Waals surface area contributed by atoms with Crippen molar-refractivity contribution >= 4 is 40.6 Å². The molecule has 2 aromatic heterocycles. The molecule has 3 aromatic rings. The maximum Gasteiger partial charge on any atom is 0.230 e. The number of amides is 1. The second-order valence-corrected chi connectivity index (χ2v) is 8.51. The number of carbonyl (C=O) groups is 1. The summed E-state index contributed by atoms with van der Waals surface area (Å²) in [7, 11) is 0. The molecule has 1 unspecified atom stereocenters. The molecule has 0 fully saturated rings. The van der Waals surface area contributed by atoms with Gasteiger partial charge in [0.15, 0.2) is 5.16 Å². The van der Waals surface area contributed by atoms with Crippen molar-refractivity contribution in [2.75, 3.05) is 25.4 Å². The van der Waals surface area contributed by atoms with E-state index in [2.05, 4.69) is 51.1 Å². The molecule has 29 heavy (non-hydrogen) atoms. The molecule has 9 heteroatoms. The first-order chi connectivity index (χ1) is 14.1. The van der Waals surface area contributed by atoms with E-state index in [9.17, 15) is 4.79 Å². The number of halogens is 1. The number of likely N-dealkylation sites (N-methyl/N-ethyl adjacent to an activating group) is 1. The molecular weight excluding hydrogens is 426 g/mol. The summed E-state index contributed by atoms with van der Waals surface area (Å²) in [5.74, 6) is 0.247. The van der Waals surface area contributed by atoms with Crippen molar-refractivity contribution in [3.05, 3.63) is 58.0 Å². The SMILES string of the molecule is CCN(CC)C(CNC(=O)CSc1nncn1-c1cccc(Cl)c1)c1ccsc1. The Kier molecular flexibility index (Phi) is 8.11. The Morgan fingerprint density at radius 3 is 2.86 bits per heavy atom. The average Bonchev–Trinajstić information content (AvgIpc) is 3.41. The van der Waals surface area contributed by atoms with Crippen molar-refractivity contribution in [1.82, 2.24) is 25.0 Å². The molecule has 1 aromatic carbocycles. The van der Waals surface area contributed by atoms with Gasteiger partial charge >= 0.3 is 0 Å². The maximum atomic E-state index is 12.5. The van der Waals surface area contributed by atoms with E-state index in [4.69, 9.17) is 11.6 Å². The average molecular weight is 450 g/mol. The van der Waals surface area contributed by atoms with Crippen molar-refractivity contribution in [2.45, 2.75) is 25.0 Å². The molecule has 154 valence electrons. The number of nitrogens with zero attached hydrogens (tertiary/aromatic N) is 4. The van der Waals surface area contributed by atoms with E-state index in [1.54, 1.807) is 17.7 Å². The summed E-state index contributed by atoms with van der Waals surface area (Å²) >= 11 is 9.11. The van der Waals surface area contributed by atoms with E-state index in [-0.39, 0.29) is 17.7 Å². The summed E-state index contributed by atoms with van der Waals surface area (Å²) in [4.78, 5) is 14.8. The van der Waals surface area contributed by atoms with Gasteiger partial charge in [-0.05, 0) is 53.7 Å². The number of thiophene rings is 1. The number of hydrogen-bond acceptors (Lipinski definition) is 6. The summed E-state index contributed by atoms with van der Waals surface area (Å²) in [6, 6.07) is 9.76. The van der Waals surface area contributed by atoms with Crippen LogP contribution < -0.4 is 5.32 Å². The first-order valence-corrected chi connectivity index (χ1v) is 11.7. The van der Waals surface area contributed by atoms with Gasteiger partial charge in [0.25, 0.3) is 0 Å². The Labute approximate surface area is 184 Å². The van der Waals surface area contributed by atoms with Gasteiger partial charge in [0.05, 0.1) is 17.5 Å². The molecule has 0 radical (unpaired) electrons. The molecule has 1 N–H and O–H groups in total. The van der Waals surface area contributed by atoms with Crippen LogP contribution in [0, 0.1) is 0 Å². The van der Waals surface area contributed by atoms with Gasteiger partial charge in [-0.15, -0.1) is 10.2 Å². The van der Waals surface area contributed by atoms with Crippen LogP contribution >= 0.6 is 34.7 Å². The smallest absolute Gasteiger partial charge is 0.230 e. The number of nitrogens with one attached hydrogen (secondary N) is 1. The molecule has 6 nitrogen and oxygen atoms in total. The van der Waals surface area contributed by atoms with Crippen LogP contribution in [0.15, 0.2) is 52.6 Å². The van der Waals surface area contributed by atoms with E-state index in [0.717, 1.165) is 18.8 Å². The van der Waals surface area contributed by atoms with Crippen molar-refractivity contribution in [3.63, 3.8) is 0 Å². The van der Waals surface area contributed by atoms with Gasteiger partial charge < -0.3 is 5.32 Å². The van der Waals surface area contributed by atoms with Crippen molar-refractivity contribution in [1.29, 1.82) is 0 Å². The molecule has 1 atom stereocenters. The second-order valence-electron chi connectivity index (χ2n) is 6.35. The molecule has 0 spiro atoms. The van der Waals surface area contributed by atoms with Gasteiger partial charge in [-0.2, -0.15) is 11.3 Å². The van der Waals surface area contributed by atoms with Gasteiger partial charge in [0.2, 0.25) is 5.91 Å². The minimum atomic E-state index is -0.0250.